The van der Waals surface area contributed by atoms with Crippen molar-refractivity contribution in [3.8, 4) is 0 Å². The van der Waals surface area contributed by atoms with Gasteiger partial charge in [0.1, 0.15) is 11.2 Å². The lowest BCUT2D eigenvalue weighted by atomic mass is 9.82. The Hall–Kier alpha value is -1.58. The summed E-state index contributed by atoms with van der Waals surface area (Å²) in [6.07, 6.45) is 16.0. The predicted molar refractivity (Wildman–Crippen MR) is 128 cm³/mol. The van der Waals surface area contributed by atoms with Crippen molar-refractivity contribution in [3.63, 3.8) is 0 Å². The number of esters is 2. The summed E-state index contributed by atoms with van der Waals surface area (Å²) in [6, 6.07) is 0. The predicted octanol–water partition coefficient (Wildman–Crippen LogP) is 7.07. The van der Waals surface area contributed by atoms with Gasteiger partial charge in [0.15, 0.2) is 0 Å². The molecule has 180 valence electrons. The standard InChI is InChI=1S/C28H44O4/c1-6-27(14-9-8-10-15-27)32-26(30)21(5)17-22-11-12-23(18-22)24-13-16-28(7-2,19-24)31-25(29)20(3)4/h17,22-24H,3,6-16,18-19H2,1-2,4-5H3/b21-17+. The van der Waals surface area contributed by atoms with Crippen LogP contribution in [0.3, 0.4) is 0 Å². The van der Waals surface area contributed by atoms with E-state index in [-0.39, 0.29) is 23.1 Å². The molecule has 4 atom stereocenters. The fourth-order valence-corrected chi connectivity index (χ4v) is 6.36. The van der Waals surface area contributed by atoms with Crippen molar-refractivity contribution >= 4 is 11.9 Å². The van der Waals surface area contributed by atoms with E-state index in [1.54, 1.807) is 6.92 Å². The zero-order chi connectivity index (χ0) is 23.4. The van der Waals surface area contributed by atoms with Crippen molar-refractivity contribution in [1.29, 1.82) is 0 Å². The zero-order valence-corrected chi connectivity index (χ0v) is 20.8. The van der Waals surface area contributed by atoms with Crippen molar-refractivity contribution in [2.75, 3.05) is 0 Å². The Labute approximate surface area is 195 Å². The molecule has 0 bridgehead atoms. The fraction of sp³-hybridized carbons (Fsp3) is 0.786. The summed E-state index contributed by atoms with van der Waals surface area (Å²) in [7, 11) is 0. The van der Waals surface area contributed by atoms with Crippen molar-refractivity contribution in [2.45, 2.75) is 122 Å². The average molecular weight is 445 g/mol. The van der Waals surface area contributed by atoms with Gasteiger partial charge in [0.25, 0.3) is 0 Å². The van der Waals surface area contributed by atoms with Crippen molar-refractivity contribution in [1.82, 2.24) is 0 Å². The first-order chi connectivity index (χ1) is 15.2. The molecule has 3 rings (SSSR count). The molecule has 0 spiro atoms. The van der Waals surface area contributed by atoms with Crippen molar-refractivity contribution < 1.29 is 19.1 Å². The molecule has 3 fully saturated rings. The van der Waals surface area contributed by atoms with Crippen LogP contribution in [0.2, 0.25) is 0 Å². The van der Waals surface area contributed by atoms with Gasteiger partial charge in [-0.2, -0.15) is 0 Å². The van der Waals surface area contributed by atoms with E-state index in [4.69, 9.17) is 9.47 Å². The van der Waals surface area contributed by atoms with Crippen LogP contribution in [0, 0.1) is 17.8 Å². The highest BCUT2D eigenvalue weighted by molar-refractivity contribution is 5.88. The van der Waals surface area contributed by atoms with Gasteiger partial charge in [-0.15, -0.1) is 0 Å². The summed E-state index contributed by atoms with van der Waals surface area (Å²) in [6.45, 7) is 11.7. The van der Waals surface area contributed by atoms with Gasteiger partial charge in [0, 0.05) is 11.1 Å². The molecule has 3 saturated carbocycles. The van der Waals surface area contributed by atoms with E-state index in [1.807, 2.05) is 6.92 Å². The first-order valence-corrected chi connectivity index (χ1v) is 13.0. The van der Waals surface area contributed by atoms with Crippen LogP contribution in [0.1, 0.15) is 111 Å². The molecule has 0 heterocycles. The second-order valence-electron chi connectivity index (χ2n) is 10.9. The highest BCUT2D eigenvalue weighted by Crippen LogP contribution is 2.49. The van der Waals surface area contributed by atoms with E-state index in [2.05, 4.69) is 26.5 Å². The largest absolute Gasteiger partial charge is 0.456 e. The maximum Gasteiger partial charge on any atom is 0.333 e. The monoisotopic (exact) mass is 444 g/mol. The number of carbonyl (C=O) groups is 2. The molecule has 0 aliphatic heterocycles. The quantitative estimate of drug-likeness (QED) is 0.297. The van der Waals surface area contributed by atoms with Crippen LogP contribution in [0.25, 0.3) is 0 Å². The molecule has 0 aromatic carbocycles. The number of hydrogen-bond donors (Lipinski definition) is 0. The summed E-state index contributed by atoms with van der Waals surface area (Å²) in [5, 5.41) is 0. The maximum atomic E-state index is 12.8. The van der Waals surface area contributed by atoms with Crippen LogP contribution < -0.4 is 0 Å². The Morgan fingerprint density at radius 2 is 1.53 bits per heavy atom. The van der Waals surface area contributed by atoms with E-state index in [9.17, 15) is 9.59 Å². The molecular weight excluding hydrogens is 400 g/mol. The van der Waals surface area contributed by atoms with Crippen LogP contribution in [0.15, 0.2) is 23.8 Å². The number of carbonyl (C=O) groups excluding carboxylic acids is 2. The topological polar surface area (TPSA) is 52.6 Å². The van der Waals surface area contributed by atoms with Crippen LogP contribution in [0.5, 0.6) is 0 Å². The first-order valence-electron chi connectivity index (χ1n) is 13.0. The van der Waals surface area contributed by atoms with Gasteiger partial charge < -0.3 is 9.47 Å². The molecular formula is C28H44O4. The van der Waals surface area contributed by atoms with Gasteiger partial charge in [0.05, 0.1) is 0 Å². The highest BCUT2D eigenvalue weighted by Gasteiger charge is 2.45. The molecule has 0 amide bonds. The summed E-state index contributed by atoms with van der Waals surface area (Å²) < 4.78 is 12.0. The third-order valence-electron chi connectivity index (χ3n) is 8.61. The Morgan fingerprint density at radius 3 is 2.16 bits per heavy atom. The second-order valence-corrected chi connectivity index (χ2v) is 10.9. The fourth-order valence-electron chi connectivity index (χ4n) is 6.36. The molecule has 0 radical (unpaired) electrons. The van der Waals surface area contributed by atoms with Crippen LogP contribution in [0.4, 0.5) is 0 Å². The Balaban J connectivity index is 1.54. The Kier molecular flexibility index (Phi) is 8.27. The molecule has 32 heavy (non-hydrogen) atoms. The minimum atomic E-state index is -0.317. The second kappa shape index (κ2) is 10.6. The molecule has 3 aliphatic carbocycles. The van der Waals surface area contributed by atoms with E-state index in [0.717, 1.165) is 76.2 Å². The van der Waals surface area contributed by atoms with E-state index >= 15 is 0 Å². The van der Waals surface area contributed by atoms with E-state index in [1.165, 1.54) is 12.8 Å². The van der Waals surface area contributed by atoms with Crippen molar-refractivity contribution in [3.05, 3.63) is 23.8 Å². The minimum absolute atomic E-state index is 0.116. The highest BCUT2D eigenvalue weighted by atomic mass is 16.6. The van der Waals surface area contributed by atoms with Crippen LogP contribution in [-0.4, -0.2) is 23.1 Å². The lowest BCUT2D eigenvalue weighted by Crippen LogP contribution is -2.36. The van der Waals surface area contributed by atoms with Crippen molar-refractivity contribution in [2.24, 2.45) is 17.8 Å². The Bertz CT molecular complexity index is 730. The SMILES string of the molecule is C=C(C)C(=O)OC1(CC)CCC(C2CCC(/C=C(\C)C(=O)OC3(CC)CCCCC3)C2)C1. The molecule has 4 heteroatoms. The number of ether oxygens (including phenoxy) is 2. The average Bonchev–Trinajstić information content (AvgIpc) is 3.42. The third kappa shape index (κ3) is 5.85. The van der Waals surface area contributed by atoms with E-state index < -0.39 is 0 Å². The molecule has 0 N–H and O–H groups in total. The number of allylic oxidation sites excluding steroid dienone is 1. The normalized spacial score (nSPS) is 32.5. The number of rotatable bonds is 8. The van der Waals surface area contributed by atoms with Gasteiger partial charge in [-0.25, -0.2) is 9.59 Å². The summed E-state index contributed by atoms with van der Waals surface area (Å²) in [5.74, 6) is 1.33. The maximum absolute atomic E-state index is 12.8. The summed E-state index contributed by atoms with van der Waals surface area (Å²) in [5.41, 5.74) is 0.701. The molecule has 0 aromatic rings. The first kappa shape index (κ1) is 25.1. The Morgan fingerprint density at radius 1 is 0.875 bits per heavy atom. The van der Waals surface area contributed by atoms with Gasteiger partial charge in [-0.1, -0.05) is 32.9 Å². The van der Waals surface area contributed by atoms with Crippen LogP contribution >= 0.6 is 0 Å². The van der Waals surface area contributed by atoms with Gasteiger partial charge in [-0.05, 0) is 109 Å². The minimum Gasteiger partial charge on any atom is -0.456 e. The molecule has 0 aromatic heterocycles. The lowest BCUT2D eigenvalue weighted by Gasteiger charge is -2.36. The molecule has 4 nitrogen and oxygen atoms in total. The zero-order valence-electron chi connectivity index (χ0n) is 20.8. The van der Waals surface area contributed by atoms with Gasteiger partial charge >= 0.3 is 11.9 Å². The lowest BCUT2D eigenvalue weighted by molar-refractivity contribution is -0.159. The van der Waals surface area contributed by atoms with E-state index in [0.29, 0.717) is 23.3 Å². The third-order valence-corrected chi connectivity index (χ3v) is 8.61. The molecule has 3 aliphatic rings. The van der Waals surface area contributed by atoms with Crippen LogP contribution in [-0.2, 0) is 19.1 Å². The summed E-state index contributed by atoms with van der Waals surface area (Å²) in [4.78, 5) is 25.0. The molecule has 0 saturated heterocycles. The van der Waals surface area contributed by atoms with Gasteiger partial charge in [-0.3, -0.25) is 0 Å². The van der Waals surface area contributed by atoms with Gasteiger partial charge in [0.2, 0.25) is 0 Å². The number of hydrogen-bond acceptors (Lipinski definition) is 4. The smallest absolute Gasteiger partial charge is 0.333 e. The summed E-state index contributed by atoms with van der Waals surface area (Å²) >= 11 is 0. The molecule has 4 unspecified atom stereocenters.